The van der Waals surface area contributed by atoms with Crippen LogP contribution in [0, 0.1) is 12.8 Å². The van der Waals surface area contributed by atoms with Gasteiger partial charge in [-0.1, -0.05) is 32.1 Å². The van der Waals surface area contributed by atoms with Crippen molar-refractivity contribution < 1.29 is 22.7 Å². The number of amides is 1. The SMILES string of the molecule is CCN(CC)S(=O)(=O)c1cc(NC(=O)COC(=O)[C@H]2CC=CCC2)ccc1C. The Morgan fingerprint density at radius 3 is 2.54 bits per heavy atom. The Hall–Kier alpha value is -2.19. The summed E-state index contributed by atoms with van der Waals surface area (Å²) in [5.74, 6) is -1.09. The number of rotatable bonds is 8. The first-order valence-corrected chi connectivity index (χ1v) is 11.0. The summed E-state index contributed by atoms with van der Waals surface area (Å²) >= 11 is 0. The van der Waals surface area contributed by atoms with Crippen LogP contribution >= 0.6 is 0 Å². The van der Waals surface area contributed by atoms with E-state index in [2.05, 4.69) is 5.32 Å². The van der Waals surface area contributed by atoms with E-state index in [1.807, 2.05) is 12.2 Å². The average Bonchev–Trinajstić information content (AvgIpc) is 2.69. The van der Waals surface area contributed by atoms with Gasteiger partial charge in [-0.25, -0.2) is 8.42 Å². The Morgan fingerprint density at radius 2 is 1.93 bits per heavy atom. The van der Waals surface area contributed by atoms with Crippen LogP contribution in [0.15, 0.2) is 35.2 Å². The number of nitrogens with one attached hydrogen (secondary N) is 1. The highest BCUT2D eigenvalue weighted by Crippen LogP contribution is 2.24. The molecule has 0 radical (unpaired) electrons. The molecule has 0 aliphatic heterocycles. The first kappa shape index (κ1) is 22.1. The van der Waals surface area contributed by atoms with E-state index in [1.165, 1.54) is 10.4 Å². The smallest absolute Gasteiger partial charge is 0.309 e. The van der Waals surface area contributed by atoms with Gasteiger partial charge >= 0.3 is 5.97 Å². The zero-order chi connectivity index (χ0) is 20.7. The Bertz CT molecular complexity index is 844. The molecule has 0 aromatic heterocycles. The summed E-state index contributed by atoms with van der Waals surface area (Å²) in [5, 5.41) is 2.60. The lowest BCUT2D eigenvalue weighted by Crippen LogP contribution is -2.31. The van der Waals surface area contributed by atoms with Gasteiger partial charge in [0.1, 0.15) is 0 Å². The fourth-order valence-electron chi connectivity index (χ4n) is 3.12. The number of carbonyl (C=O) groups excluding carboxylic acids is 2. The molecule has 0 spiro atoms. The quantitative estimate of drug-likeness (QED) is 0.527. The number of aryl methyl sites for hydroxylation is 1. The van der Waals surface area contributed by atoms with Crippen molar-refractivity contribution in [2.75, 3.05) is 25.0 Å². The van der Waals surface area contributed by atoms with E-state index >= 15 is 0 Å². The molecule has 0 unspecified atom stereocenters. The van der Waals surface area contributed by atoms with Gasteiger partial charge in [0.05, 0.1) is 10.8 Å². The van der Waals surface area contributed by atoms with Gasteiger partial charge in [0.15, 0.2) is 6.61 Å². The molecule has 0 fully saturated rings. The number of nitrogens with zero attached hydrogens (tertiary/aromatic N) is 1. The van der Waals surface area contributed by atoms with E-state index in [4.69, 9.17) is 4.74 Å². The predicted molar refractivity (Wildman–Crippen MR) is 107 cm³/mol. The van der Waals surface area contributed by atoms with Crippen molar-refractivity contribution in [1.29, 1.82) is 0 Å². The molecule has 7 nitrogen and oxygen atoms in total. The number of hydrogen-bond acceptors (Lipinski definition) is 5. The molecule has 1 aromatic carbocycles. The normalized spacial score (nSPS) is 16.8. The van der Waals surface area contributed by atoms with Crippen LogP contribution in [0.1, 0.15) is 38.7 Å². The first-order valence-electron chi connectivity index (χ1n) is 9.51. The van der Waals surface area contributed by atoms with Gasteiger partial charge in [0.25, 0.3) is 5.91 Å². The van der Waals surface area contributed by atoms with E-state index in [-0.39, 0.29) is 16.8 Å². The van der Waals surface area contributed by atoms with Gasteiger partial charge in [-0.3, -0.25) is 9.59 Å². The first-order chi connectivity index (χ1) is 13.3. The summed E-state index contributed by atoms with van der Waals surface area (Å²) in [7, 11) is -3.64. The minimum absolute atomic E-state index is 0.153. The fraction of sp³-hybridized carbons (Fsp3) is 0.500. The molecular formula is C20H28N2O5S. The van der Waals surface area contributed by atoms with Crippen LogP contribution in [0.3, 0.4) is 0 Å². The molecule has 154 valence electrons. The summed E-state index contributed by atoms with van der Waals surface area (Å²) in [5.41, 5.74) is 0.944. The molecular weight excluding hydrogens is 380 g/mol. The molecule has 1 aromatic rings. The summed E-state index contributed by atoms with van der Waals surface area (Å²) in [4.78, 5) is 24.3. The van der Waals surface area contributed by atoms with Gasteiger partial charge < -0.3 is 10.1 Å². The Balaban J connectivity index is 2.03. The Kier molecular flexibility index (Phi) is 7.77. The Labute approximate surface area is 166 Å². The third-order valence-electron chi connectivity index (χ3n) is 4.74. The summed E-state index contributed by atoms with van der Waals surface area (Å²) in [6, 6.07) is 4.71. The number of carbonyl (C=O) groups is 2. The van der Waals surface area contributed by atoms with Gasteiger partial charge in [-0.05, 0) is 43.9 Å². The molecule has 2 rings (SSSR count). The van der Waals surface area contributed by atoms with Crippen molar-refractivity contribution in [3.63, 3.8) is 0 Å². The molecule has 1 amide bonds. The Morgan fingerprint density at radius 1 is 1.21 bits per heavy atom. The standard InChI is InChI=1S/C20H28N2O5S/c1-4-22(5-2)28(25,26)18-13-17(12-11-15(18)3)21-19(23)14-27-20(24)16-9-7-6-8-10-16/h6-7,11-13,16H,4-5,8-10,14H2,1-3H3,(H,21,23)/t16-/m0/s1. The highest BCUT2D eigenvalue weighted by Gasteiger charge is 2.24. The highest BCUT2D eigenvalue weighted by molar-refractivity contribution is 7.89. The number of hydrogen-bond donors (Lipinski definition) is 1. The van der Waals surface area contributed by atoms with Gasteiger partial charge in [-0.2, -0.15) is 4.31 Å². The zero-order valence-electron chi connectivity index (χ0n) is 16.6. The van der Waals surface area contributed by atoms with Crippen molar-refractivity contribution >= 4 is 27.6 Å². The zero-order valence-corrected chi connectivity index (χ0v) is 17.4. The van der Waals surface area contributed by atoms with Crippen molar-refractivity contribution in [3.05, 3.63) is 35.9 Å². The average molecular weight is 409 g/mol. The van der Waals surface area contributed by atoms with Gasteiger partial charge in [0, 0.05) is 18.8 Å². The molecule has 1 aliphatic carbocycles. The minimum Gasteiger partial charge on any atom is -0.455 e. The second-order valence-corrected chi connectivity index (χ2v) is 8.61. The van der Waals surface area contributed by atoms with Crippen molar-refractivity contribution in [2.45, 2.75) is 44.9 Å². The van der Waals surface area contributed by atoms with E-state index in [9.17, 15) is 18.0 Å². The topological polar surface area (TPSA) is 92.8 Å². The predicted octanol–water partition coefficient (Wildman–Crippen LogP) is 2.86. The molecule has 1 atom stereocenters. The summed E-state index contributed by atoms with van der Waals surface area (Å²) in [6.45, 7) is 5.59. The van der Waals surface area contributed by atoms with Crippen LogP contribution in [0.2, 0.25) is 0 Å². The van der Waals surface area contributed by atoms with E-state index in [1.54, 1.807) is 32.9 Å². The lowest BCUT2D eigenvalue weighted by molar-refractivity contribution is -0.151. The maximum absolute atomic E-state index is 12.8. The maximum Gasteiger partial charge on any atom is 0.309 e. The third kappa shape index (κ3) is 5.42. The van der Waals surface area contributed by atoms with Crippen LogP contribution in [0.4, 0.5) is 5.69 Å². The summed E-state index contributed by atoms with van der Waals surface area (Å²) < 4.78 is 32.0. The van der Waals surface area contributed by atoms with Gasteiger partial charge in [-0.15, -0.1) is 0 Å². The highest BCUT2D eigenvalue weighted by atomic mass is 32.2. The number of sulfonamides is 1. The largest absolute Gasteiger partial charge is 0.455 e. The van der Waals surface area contributed by atoms with Crippen LogP contribution in [0.25, 0.3) is 0 Å². The molecule has 0 heterocycles. The number of anilines is 1. The minimum atomic E-state index is -3.64. The van der Waals surface area contributed by atoms with Gasteiger partial charge in [0.2, 0.25) is 10.0 Å². The van der Waals surface area contributed by atoms with E-state index in [0.717, 1.165) is 12.8 Å². The molecule has 1 aliphatic rings. The second-order valence-electron chi connectivity index (χ2n) is 6.71. The lowest BCUT2D eigenvalue weighted by Gasteiger charge is -2.20. The maximum atomic E-state index is 12.8. The molecule has 28 heavy (non-hydrogen) atoms. The van der Waals surface area contributed by atoms with Crippen LogP contribution < -0.4 is 5.32 Å². The molecule has 0 bridgehead atoms. The van der Waals surface area contributed by atoms with Crippen molar-refractivity contribution in [2.24, 2.45) is 5.92 Å². The lowest BCUT2D eigenvalue weighted by atomic mass is 9.95. The molecule has 1 N–H and O–H groups in total. The van der Waals surface area contributed by atoms with Crippen LogP contribution in [-0.4, -0.2) is 44.3 Å². The molecule has 8 heteroatoms. The van der Waals surface area contributed by atoms with Crippen molar-refractivity contribution in [3.8, 4) is 0 Å². The fourth-order valence-corrected chi connectivity index (χ4v) is 4.83. The number of esters is 1. The van der Waals surface area contributed by atoms with Crippen molar-refractivity contribution in [1.82, 2.24) is 4.31 Å². The monoisotopic (exact) mass is 408 g/mol. The number of ether oxygens (including phenoxy) is 1. The molecule has 0 saturated carbocycles. The number of benzene rings is 1. The van der Waals surface area contributed by atoms with E-state index < -0.39 is 22.5 Å². The number of allylic oxidation sites excluding steroid dienone is 2. The van der Waals surface area contributed by atoms with Crippen LogP contribution in [-0.2, 0) is 24.3 Å². The van der Waals surface area contributed by atoms with E-state index in [0.29, 0.717) is 30.8 Å². The van der Waals surface area contributed by atoms with Crippen LogP contribution in [0.5, 0.6) is 0 Å². The molecule has 0 saturated heterocycles. The third-order valence-corrected chi connectivity index (χ3v) is 6.93. The second kappa shape index (κ2) is 9.84. The summed E-state index contributed by atoms with van der Waals surface area (Å²) in [6.07, 6.45) is 6.16.